The maximum Gasteiger partial charge on any atom is 0.195 e. The van der Waals surface area contributed by atoms with E-state index in [1.807, 2.05) is 37.3 Å². The van der Waals surface area contributed by atoms with Gasteiger partial charge in [-0.25, -0.2) is 0 Å². The monoisotopic (exact) mass is 309 g/mol. The lowest BCUT2D eigenvalue weighted by atomic mass is 10.2. The Kier molecular flexibility index (Phi) is 4.86. The first-order valence-electron chi connectivity index (χ1n) is 8.16. The van der Waals surface area contributed by atoms with Crippen molar-refractivity contribution in [2.75, 3.05) is 6.61 Å². The minimum absolute atomic E-state index is 0.0883. The van der Waals surface area contributed by atoms with E-state index in [0.29, 0.717) is 6.61 Å². The van der Waals surface area contributed by atoms with Gasteiger partial charge in [0.2, 0.25) is 0 Å². The second-order valence-corrected chi connectivity index (χ2v) is 5.69. The molecule has 1 aliphatic heterocycles. The summed E-state index contributed by atoms with van der Waals surface area (Å²) in [5.41, 5.74) is 3.55. The van der Waals surface area contributed by atoms with Gasteiger partial charge in [-0.2, -0.15) is 0 Å². The molecule has 0 fully saturated rings. The molecular formula is C20H23NO2. The van der Waals surface area contributed by atoms with Gasteiger partial charge in [0.1, 0.15) is 11.5 Å². The summed E-state index contributed by atoms with van der Waals surface area (Å²) in [6, 6.07) is 18.5. The van der Waals surface area contributed by atoms with Crippen molar-refractivity contribution in [3.05, 3.63) is 77.2 Å². The summed E-state index contributed by atoms with van der Waals surface area (Å²) >= 11 is 0. The van der Waals surface area contributed by atoms with E-state index in [2.05, 4.69) is 36.5 Å². The van der Waals surface area contributed by atoms with Crippen molar-refractivity contribution in [2.45, 2.75) is 32.9 Å². The topological polar surface area (TPSA) is 30.5 Å². The average Bonchev–Trinajstić information content (AvgIpc) is 2.97. The molecule has 23 heavy (non-hydrogen) atoms. The fourth-order valence-corrected chi connectivity index (χ4v) is 2.69. The summed E-state index contributed by atoms with van der Waals surface area (Å²) in [7, 11) is 0. The molecule has 2 aromatic carbocycles. The van der Waals surface area contributed by atoms with Crippen LogP contribution in [0.2, 0.25) is 0 Å². The number of ether oxygens (including phenoxy) is 2. The minimum atomic E-state index is -0.0883. The van der Waals surface area contributed by atoms with Crippen LogP contribution in [0.4, 0.5) is 0 Å². The predicted octanol–water partition coefficient (Wildman–Crippen LogP) is 4.57. The van der Waals surface area contributed by atoms with Crippen LogP contribution in [0.5, 0.6) is 5.75 Å². The summed E-state index contributed by atoms with van der Waals surface area (Å²) < 4.78 is 11.8. The highest BCUT2D eigenvalue weighted by molar-refractivity contribution is 5.28. The van der Waals surface area contributed by atoms with Crippen molar-refractivity contribution in [1.82, 2.24) is 5.32 Å². The number of hydrogen-bond acceptors (Lipinski definition) is 3. The third-order valence-corrected chi connectivity index (χ3v) is 4.05. The van der Waals surface area contributed by atoms with Crippen molar-refractivity contribution >= 4 is 0 Å². The molecule has 0 radical (unpaired) electrons. The summed E-state index contributed by atoms with van der Waals surface area (Å²) in [5, 5.41) is 3.44. The SMILES string of the molecule is CCc1cccc(OCCC2=C(C)OC(c3ccccc3)N2)c1. The van der Waals surface area contributed by atoms with Gasteiger partial charge in [0, 0.05) is 12.0 Å². The lowest BCUT2D eigenvalue weighted by Gasteiger charge is -2.13. The second kappa shape index (κ2) is 7.23. The Morgan fingerprint density at radius 2 is 1.91 bits per heavy atom. The number of hydrogen-bond donors (Lipinski definition) is 1. The number of rotatable bonds is 6. The van der Waals surface area contributed by atoms with Crippen LogP contribution in [-0.4, -0.2) is 6.61 Å². The molecule has 3 nitrogen and oxygen atoms in total. The maximum atomic E-state index is 5.91. The highest BCUT2D eigenvalue weighted by Crippen LogP contribution is 2.28. The molecule has 0 aliphatic carbocycles. The predicted molar refractivity (Wildman–Crippen MR) is 92.0 cm³/mol. The lowest BCUT2D eigenvalue weighted by Crippen LogP contribution is -2.16. The standard InChI is InChI=1S/C20H23NO2/c1-3-16-8-7-11-18(14-16)22-13-12-19-15(2)23-20(21-19)17-9-5-4-6-10-17/h4-11,14,20-21H,3,12-13H2,1-2H3. The van der Waals surface area contributed by atoms with Crippen molar-refractivity contribution in [3.63, 3.8) is 0 Å². The Morgan fingerprint density at radius 1 is 1.09 bits per heavy atom. The number of allylic oxidation sites excluding steroid dienone is 1. The van der Waals surface area contributed by atoms with Crippen LogP contribution in [0.1, 0.15) is 37.6 Å². The van der Waals surface area contributed by atoms with Crippen molar-refractivity contribution in [1.29, 1.82) is 0 Å². The van der Waals surface area contributed by atoms with E-state index in [1.165, 1.54) is 5.56 Å². The molecule has 1 unspecified atom stereocenters. The van der Waals surface area contributed by atoms with Crippen LogP contribution in [0.3, 0.4) is 0 Å². The molecular weight excluding hydrogens is 286 g/mol. The number of aryl methyl sites for hydroxylation is 1. The smallest absolute Gasteiger partial charge is 0.195 e. The van der Waals surface area contributed by atoms with E-state index in [1.54, 1.807) is 0 Å². The van der Waals surface area contributed by atoms with E-state index in [9.17, 15) is 0 Å². The highest BCUT2D eigenvalue weighted by Gasteiger charge is 2.22. The molecule has 1 aliphatic rings. The van der Waals surface area contributed by atoms with Gasteiger partial charge >= 0.3 is 0 Å². The van der Waals surface area contributed by atoms with E-state index < -0.39 is 0 Å². The van der Waals surface area contributed by atoms with Gasteiger partial charge in [-0.15, -0.1) is 0 Å². The van der Waals surface area contributed by atoms with Crippen LogP contribution in [0.15, 0.2) is 66.1 Å². The van der Waals surface area contributed by atoms with Gasteiger partial charge in [0.15, 0.2) is 6.23 Å². The molecule has 0 aromatic heterocycles. The Balaban J connectivity index is 1.53. The molecule has 0 saturated carbocycles. The molecule has 0 bridgehead atoms. The van der Waals surface area contributed by atoms with E-state index in [-0.39, 0.29) is 6.23 Å². The van der Waals surface area contributed by atoms with Gasteiger partial charge < -0.3 is 14.8 Å². The summed E-state index contributed by atoms with van der Waals surface area (Å²) in [6.07, 6.45) is 1.75. The molecule has 1 heterocycles. The van der Waals surface area contributed by atoms with E-state index in [0.717, 1.165) is 35.6 Å². The van der Waals surface area contributed by atoms with Crippen LogP contribution >= 0.6 is 0 Å². The molecule has 0 spiro atoms. The van der Waals surface area contributed by atoms with Crippen LogP contribution in [-0.2, 0) is 11.2 Å². The zero-order valence-corrected chi connectivity index (χ0v) is 13.7. The van der Waals surface area contributed by atoms with Gasteiger partial charge in [0.05, 0.1) is 12.3 Å². The average molecular weight is 309 g/mol. The molecule has 120 valence electrons. The molecule has 3 heteroatoms. The fraction of sp³-hybridized carbons (Fsp3) is 0.300. The zero-order chi connectivity index (χ0) is 16.1. The third kappa shape index (κ3) is 3.86. The molecule has 0 amide bonds. The Hall–Kier alpha value is -2.42. The fourth-order valence-electron chi connectivity index (χ4n) is 2.69. The van der Waals surface area contributed by atoms with Crippen LogP contribution < -0.4 is 10.1 Å². The second-order valence-electron chi connectivity index (χ2n) is 5.69. The Bertz CT molecular complexity index is 679. The molecule has 0 saturated heterocycles. The summed E-state index contributed by atoms with van der Waals surface area (Å²) in [4.78, 5) is 0. The first-order chi connectivity index (χ1) is 11.3. The van der Waals surface area contributed by atoms with Crippen molar-refractivity contribution in [3.8, 4) is 5.75 Å². The van der Waals surface area contributed by atoms with Crippen molar-refractivity contribution < 1.29 is 9.47 Å². The van der Waals surface area contributed by atoms with Gasteiger partial charge in [-0.1, -0.05) is 49.4 Å². The van der Waals surface area contributed by atoms with Gasteiger partial charge in [-0.05, 0) is 31.0 Å². The number of nitrogens with one attached hydrogen (secondary N) is 1. The Morgan fingerprint density at radius 3 is 2.70 bits per heavy atom. The van der Waals surface area contributed by atoms with Crippen LogP contribution in [0, 0.1) is 0 Å². The van der Waals surface area contributed by atoms with Crippen molar-refractivity contribution in [2.24, 2.45) is 0 Å². The third-order valence-electron chi connectivity index (χ3n) is 4.05. The maximum absolute atomic E-state index is 5.91. The normalized spacial score (nSPS) is 16.9. The summed E-state index contributed by atoms with van der Waals surface area (Å²) in [6.45, 7) is 4.79. The molecule has 1 atom stereocenters. The first-order valence-corrected chi connectivity index (χ1v) is 8.16. The van der Waals surface area contributed by atoms with E-state index >= 15 is 0 Å². The number of benzene rings is 2. The lowest BCUT2D eigenvalue weighted by molar-refractivity contribution is 0.130. The quantitative estimate of drug-likeness (QED) is 0.848. The molecule has 1 N–H and O–H groups in total. The molecule has 2 aromatic rings. The van der Waals surface area contributed by atoms with E-state index in [4.69, 9.17) is 9.47 Å². The van der Waals surface area contributed by atoms with Gasteiger partial charge in [0.25, 0.3) is 0 Å². The largest absolute Gasteiger partial charge is 0.493 e. The van der Waals surface area contributed by atoms with Gasteiger partial charge in [-0.3, -0.25) is 0 Å². The zero-order valence-electron chi connectivity index (χ0n) is 13.7. The molecule has 3 rings (SSSR count). The van der Waals surface area contributed by atoms with Crippen LogP contribution in [0.25, 0.3) is 0 Å². The summed E-state index contributed by atoms with van der Waals surface area (Å²) in [5.74, 6) is 1.88. The Labute approximate surface area is 137 Å². The highest BCUT2D eigenvalue weighted by atomic mass is 16.5. The minimum Gasteiger partial charge on any atom is -0.493 e. The first kappa shape index (κ1) is 15.5.